The maximum atomic E-state index is 12.3. The van der Waals surface area contributed by atoms with Crippen molar-refractivity contribution in [3.05, 3.63) is 59.7 Å². The second-order valence-electron chi connectivity index (χ2n) is 6.75. The Balaban J connectivity index is 1.44. The number of aromatic hydroxyl groups is 1. The molecule has 0 aromatic heterocycles. The van der Waals surface area contributed by atoms with E-state index in [0.717, 1.165) is 5.56 Å². The first-order valence-corrected chi connectivity index (χ1v) is 9.09. The van der Waals surface area contributed by atoms with Gasteiger partial charge in [-0.1, -0.05) is 29.8 Å². The highest BCUT2D eigenvalue weighted by molar-refractivity contribution is 5.96. The van der Waals surface area contributed by atoms with E-state index in [4.69, 9.17) is 4.74 Å². The number of phenolic OH excluding ortho intramolecular Hbond substituents is 1. The minimum Gasteiger partial charge on any atom is -0.507 e. The zero-order chi connectivity index (χ0) is 19.2. The molecule has 2 amide bonds. The maximum absolute atomic E-state index is 12.3. The molecule has 1 heterocycles. The molecule has 6 nitrogen and oxygen atoms in total. The van der Waals surface area contributed by atoms with E-state index in [0.29, 0.717) is 31.7 Å². The minimum absolute atomic E-state index is 0.0119. The number of phenols is 1. The second kappa shape index (κ2) is 8.58. The molecule has 27 heavy (non-hydrogen) atoms. The van der Waals surface area contributed by atoms with Crippen LogP contribution in [0.25, 0.3) is 0 Å². The lowest BCUT2D eigenvalue weighted by Gasteiger charge is -2.32. The van der Waals surface area contributed by atoms with Crippen LogP contribution in [0, 0.1) is 6.92 Å². The van der Waals surface area contributed by atoms with Crippen LogP contribution in [-0.4, -0.2) is 47.6 Å². The van der Waals surface area contributed by atoms with E-state index < -0.39 is 0 Å². The molecule has 1 aliphatic rings. The molecule has 3 rings (SSSR count). The highest BCUT2D eigenvalue weighted by Gasteiger charge is 2.25. The Morgan fingerprint density at radius 3 is 2.44 bits per heavy atom. The molecule has 2 aromatic carbocycles. The average molecular weight is 368 g/mol. The van der Waals surface area contributed by atoms with E-state index in [-0.39, 0.29) is 35.8 Å². The number of aryl methyl sites for hydroxylation is 1. The van der Waals surface area contributed by atoms with Crippen LogP contribution in [0.1, 0.15) is 28.8 Å². The van der Waals surface area contributed by atoms with Gasteiger partial charge in [0.05, 0.1) is 5.56 Å². The van der Waals surface area contributed by atoms with Crippen LogP contribution in [0.15, 0.2) is 48.5 Å². The minimum atomic E-state index is -0.291. The second-order valence-corrected chi connectivity index (χ2v) is 6.75. The summed E-state index contributed by atoms with van der Waals surface area (Å²) in [5.74, 6) is 0.302. The Morgan fingerprint density at radius 2 is 1.78 bits per heavy atom. The topological polar surface area (TPSA) is 78.9 Å². The zero-order valence-corrected chi connectivity index (χ0v) is 15.4. The predicted octanol–water partition coefficient (Wildman–Crippen LogP) is 2.50. The number of carbonyl (C=O) groups excluding carboxylic acids is 2. The van der Waals surface area contributed by atoms with Crippen LogP contribution >= 0.6 is 0 Å². The van der Waals surface area contributed by atoms with Gasteiger partial charge in [-0.2, -0.15) is 0 Å². The number of benzene rings is 2. The van der Waals surface area contributed by atoms with Crippen LogP contribution in [0.2, 0.25) is 0 Å². The largest absolute Gasteiger partial charge is 0.507 e. The van der Waals surface area contributed by atoms with Gasteiger partial charge in [-0.05, 0) is 44.0 Å². The molecule has 2 N–H and O–H groups in total. The number of amides is 2. The van der Waals surface area contributed by atoms with E-state index in [1.54, 1.807) is 23.1 Å². The van der Waals surface area contributed by atoms with Gasteiger partial charge < -0.3 is 20.1 Å². The summed E-state index contributed by atoms with van der Waals surface area (Å²) in [5.41, 5.74) is 1.41. The molecule has 0 atom stereocenters. The first-order valence-electron chi connectivity index (χ1n) is 9.09. The third-order valence-electron chi connectivity index (χ3n) is 4.71. The van der Waals surface area contributed by atoms with Gasteiger partial charge in [-0.15, -0.1) is 0 Å². The smallest absolute Gasteiger partial charge is 0.260 e. The van der Waals surface area contributed by atoms with Crippen LogP contribution in [0.4, 0.5) is 0 Å². The van der Waals surface area contributed by atoms with Crippen molar-refractivity contribution in [1.82, 2.24) is 10.2 Å². The van der Waals surface area contributed by atoms with Crippen molar-refractivity contribution in [1.29, 1.82) is 0 Å². The molecule has 0 bridgehead atoms. The number of carbonyl (C=O) groups is 2. The number of nitrogens with one attached hydrogen (secondary N) is 1. The molecule has 0 saturated carbocycles. The zero-order valence-electron chi connectivity index (χ0n) is 15.4. The van der Waals surface area contributed by atoms with Crippen LogP contribution in [0.5, 0.6) is 11.5 Å². The van der Waals surface area contributed by atoms with Crippen molar-refractivity contribution in [2.75, 3.05) is 19.7 Å². The van der Waals surface area contributed by atoms with Crippen LogP contribution < -0.4 is 10.1 Å². The lowest BCUT2D eigenvalue weighted by atomic mass is 10.0. The first kappa shape index (κ1) is 18.8. The number of likely N-dealkylation sites (tertiary alicyclic amines) is 1. The summed E-state index contributed by atoms with van der Waals surface area (Å²) >= 11 is 0. The summed E-state index contributed by atoms with van der Waals surface area (Å²) < 4.78 is 5.55. The molecule has 6 heteroatoms. The molecule has 142 valence electrons. The molecule has 1 saturated heterocycles. The van der Waals surface area contributed by atoms with Crippen molar-refractivity contribution in [2.45, 2.75) is 25.8 Å². The predicted molar refractivity (Wildman–Crippen MR) is 102 cm³/mol. The average Bonchev–Trinajstić information content (AvgIpc) is 2.68. The molecule has 2 aromatic rings. The maximum Gasteiger partial charge on any atom is 0.260 e. The lowest BCUT2D eigenvalue weighted by molar-refractivity contribution is -0.134. The number of hydrogen-bond acceptors (Lipinski definition) is 4. The summed E-state index contributed by atoms with van der Waals surface area (Å²) in [6.45, 7) is 3.15. The molecule has 0 unspecified atom stereocenters. The monoisotopic (exact) mass is 368 g/mol. The van der Waals surface area contributed by atoms with Crippen LogP contribution in [0.3, 0.4) is 0 Å². The van der Waals surface area contributed by atoms with E-state index in [9.17, 15) is 14.7 Å². The van der Waals surface area contributed by atoms with Gasteiger partial charge in [0.2, 0.25) is 0 Å². The van der Waals surface area contributed by atoms with Crippen molar-refractivity contribution >= 4 is 11.8 Å². The van der Waals surface area contributed by atoms with Crippen molar-refractivity contribution in [2.24, 2.45) is 0 Å². The number of rotatable bonds is 5. The number of ether oxygens (including phenoxy) is 1. The standard InChI is InChI=1S/C21H24N2O4/c1-15-6-8-17(9-7-15)27-14-20(25)23-12-10-16(11-13-23)22-21(26)18-4-2-3-5-19(18)24/h2-9,16,24H,10-14H2,1H3,(H,22,26). The lowest BCUT2D eigenvalue weighted by Crippen LogP contribution is -2.47. The summed E-state index contributed by atoms with van der Waals surface area (Å²) in [4.78, 5) is 26.3. The normalized spacial score (nSPS) is 14.6. The fourth-order valence-electron chi connectivity index (χ4n) is 3.07. The van der Waals surface area contributed by atoms with Gasteiger partial charge in [0.15, 0.2) is 6.61 Å². The number of hydrogen-bond donors (Lipinski definition) is 2. The molecule has 0 radical (unpaired) electrons. The Hall–Kier alpha value is -3.02. The Bertz CT molecular complexity index is 796. The van der Waals surface area contributed by atoms with Crippen LogP contribution in [-0.2, 0) is 4.79 Å². The highest BCUT2D eigenvalue weighted by Crippen LogP contribution is 2.17. The van der Waals surface area contributed by atoms with Gasteiger partial charge in [0.25, 0.3) is 11.8 Å². The van der Waals surface area contributed by atoms with Gasteiger partial charge in [0.1, 0.15) is 11.5 Å². The van der Waals surface area contributed by atoms with Crippen molar-refractivity contribution in [3.63, 3.8) is 0 Å². The molecule has 0 aliphatic carbocycles. The quantitative estimate of drug-likeness (QED) is 0.850. The molecule has 0 spiro atoms. The third kappa shape index (κ3) is 5.00. The van der Waals surface area contributed by atoms with E-state index >= 15 is 0 Å². The van der Waals surface area contributed by atoms with Gasteiger partial charge in [-0.3, -0.25) is 9.59 Å². The van der Waals surface area contributed by atoms with E-state index in [1.807, 2.05) is 31.2 Å². The summed E-state index contributed by atoms with van der Waals surface area (Å²) in [7, 11) is 0. The van der Waals surface area contributed by atoms with Gasteiger partial charge >= 0.3 is 0 Å². The number of piperidine rings is 1. The molecular formula is C21H24N2O4. The SMILES string of the molecule is Cc1ccc(OCC(=O)N2CCC(NC(=O)c3ccccc3O)CC2)cc1. The molecule has 1 fully saturated rings. The number of nitrogens with zero attached hydrogens (tertiary/aromatic N) is 1. The Morgan fingerprint density at radius 1 is 1.11 bits per heavy atom. The van der Waals surface area contributed by atoms with Gasteiger partial charge in [0, 0.05) is 19.1 Å². The summed E-state index contributed by atoms with van der Waals surface area (Å²) in [6.07, 6.45) is 1.35. The van der Waals surface area contributed by atoms with Crippen molar-refractivity contribution < 1.29 is 19.4 Å². The summed E-state index contributed by atoms with van der Waals surface area (Å²) in [6, 6.07) is 14.0. The molecular weight excluding hydrogens is 344 g/mol. The van der Waals surface area contributed by atoms with Gasteiger partial charge in [-0.25, -0.2) is 0 Å². The fraction of sp³-hybridized carbons (Fsp3) is 0.333. The molecule has 1 aliphatic heterocycles. The van der Waals surface area contributed by atoms with E-state index in [1.165, 1.54) is 6.07 Å². The Labute approximate surface area is 158 Å². The summed E-state index contributed by atoms with van der Waals surface area (Å²) in [5, 5.41) is 12.7. The number of para-hydroxylation sites is 1. The highest BCUT2D eigenvalue weighted by atomic mass is 16.5. The third-order valence-corrected chi connectivity index (χ3v) is 4.71. The van der Waals surface area contributed by atoms with E-state index in [2.05, 4.69) is 5.32 Å². The first-order chi connectivity index (χ1) is 13.0. The van der Waals surface area contributed by atoms with Crippen molar-refractivity contribution in [3.8, 4) is 11.5 Å². The fourth-order valence-corrected chi connectivity index (χ4v) is 3.07. The Kier molecular flexibility index (Phi) is 5.96.